The van der Waals surface area contributed by atoms with E-state index in [0.717, 1.165) is 25.7 Å². The van der Waals surface area contributed by atoms with Crippen LogP contribution in [0.4, 0.5) is 10.3 Å². The molecule has 150 valence electrons. The van der Waals surface area contributed by atoms with Crippen molar-refractivity contribution in [3.05, 3.63) is 35.6 Å². The number of anilines is 1. The second-order valence-electron chi connectivity index (χ2n) is 9.02. The monoisotopic (exact) mass is 394 g/mol. The van der Waals surface area contributed by atoms with Crippen molar-refractivity contribution in [3.63, 3.8) is 0 Å². The Bertz CT molecular complexity index is 1000. The van der Waals surface area contributed by atoms with E-state index in [-0.39, 0.29) is 11.1 Å². The number of hydrogen-bond acceptors (Lipinski definition) is 6. The number of methoxy groups -OCH3 is 1. The summed E-state index contributed by atoms with van der Waals surface area (Å²) in [5.41, 5.74) is 0.267. The molecule has 4 fully saturated rings. The molecule has 1 heterocycles. The van der Waals surface area contributed by atoms with Gasteiger partial charge in [0.1, 0.15) is 11.9 Å². The summed E-state index contributed by atoms with van der Waals surface area (Å²) >= 11 is 0. The first kappa shape index (κ1) is 18.3. The number of nitrogens with one attached hydrogen (secondary N) is 1. The van der Waals surface area contributed by atoms with Crippen LogP contribution >= 0.6 is 0 Å². The molecule has 4 bridgehead atoms. The zero-order valence-corrected chi connectivity index (χ0v) is 16.3. The standard InChI is InChI=1S/C22H23FN4O2/c1-29-19-6-18(15-2-3-16(11-24)17(23)5-15)25-20(26-19)27-21-7-13-4-14(8-21)10-22(28,9-13)12-21/h2-3,5-6,13-14,28H,4,7-10,12H2,1H3,(H,25,26,27). The van der Waals surface area contributed by atoms with Gasteiger partial charge in [0.15, 0.2) is 0 Å². The molecule has 2 atom stereocenters. The van der Waals surface area contributed by atoms with Crippen LogP contribution in [0.1, 0.15) is 44.1 Å². The summed E-state index contributed by atoms with van der Waals surface area (Å²) in [5, 5.41) is 23.5. The van der Waals surface area contributed by atoms with Gasteiger partial charge in [-0.25, -0.2) is 9.37 Å². The minimum atomic E-state index is -0.588. The third-order valence-electron chi connectivity index (χ3n) is 6.70. The van der Waals surface area contributed by atoms with E-state index >= 15 is 0 Å². The van der Waals surface area contributed by atoms with Crippen LogP contribution in [0.2, 0.25) is 0 Å². The summed E-state index contributed by atoms with van der Waals surface area (Å²) in [4.78, 5) is 9.07. The van der Waals surface area contributed by atoms with Gasteiger partial charge in [-0.15, -0.1) is 0 Å². The number of halogens is 1. The lowest BCUT2D eigenvalue weighted by atomic mass is 9.51. The summed E-state index contributed by atoms with van der Waals surface area (Å²) in [6, 6.07) is 7.90. The topological polar surface area (TPSA) is 91.1 Å². The highest BCUT2D eigenvalue weighted by molar-refractivity contribution is 5.63. The van der Waals surface area contributed by atoms with Gasteiger partial charge in [0.05, 0.1) is 24.0 Å². The van der Waals surface area contributed by atoms with E-state index in [1.165, 1.54) is 25.7 Å². The third kappa shape index (κ3) is 3.22. The van der Waals surface area contributed by atoms with E-state index in [9.17, 15) is 9.50 Å². The second-order valence-corrected chi connectivity index (χ2v) is 9.02. The Balaban J connectivity index is 1.49. The van der Waals surface area contributed by atoms with Crippen molar-refractivity contribution >= 4 is 5.95 Å². The lowest BCUT2D eigenvalue weighted by Crippen LogP contribution is -2.62. The Morgan fingerprint density at radius 2 is 1.97 bits per heavy atom. The van der Waals surface area contributed by atoms with Gasteiger partial charge in [0, 0.05) is 17.2 Å². The fourth-order valence-electron chi connectivity index (χ4n) is 6.10. The Morgan fingerprint density at radius 1 is 1.21 bits per heavy atom. The first-order chi connectivity index (χ1) is 13.9. The van der Waals surface area contributed by atoms with E-state index in [0.29, 0.717) is 41.3 Å². The van der Waals surface area contributed by atoms with Gasteiger partial charge >= 0.3 is 0 Å². The molecule has 2 aromatic rings. The van der Waals surface area contributed by atoms with Crippen molar-refractivity contribution in [2.24, 2.45) is 11.8 Å². The number of aliphatic hydroxyl groups is 1. The third-order valence-corrected chi connectivity index (χ3v) is 6.70. The van der Waals surface area contributed by atoms with E-state index in [4.69, 9.17) is 10.00 Å². The molecule has 0 radical (unpaired) electrons. The number of nitriles is 1. The van der Waals surface area contributed by atoms with E-state index in [1.54, 1.807) is 12.1 Å². The van der Waals surface area contributed by atoms with Crippen LogP contribution in [-0.4, -0.2) is 33.3 Å². The van der Waals surface area contributed by atoms with Gasteiger partial charge in [0.2, 0.25) is 11.8 Å². The molecule has 0 aliphatic heterocycles. The van der Waals surface area contributed by atoms with Crippen molar-refractivity contribution in [3.8, 4) is 23.2 Å². The van der Waals surface area contributed by atoms with Crippen molar-refractivity contribution in [2.75, 3.05) is 12.4 Å². The quantitative estimate of drug-likeness (QED) is 0.822. The maximum absolute atomic E-state index is 14.1. The Hall–Kier alpha value is -2.72. The maximum atomic E-state index is 14.1. The molecule has 29 heavy (non-hydrogen) atoms. The van der Waals surface area contributed by atoms with Gasteiger partial charge in [-0.05, 0) is 62.5 Å². The zero-order valence-electron chi connectivity index (χ0n) is 16.3. The first-order valence-electron chi connectivity index (χ1n) is 10.0. The SMILES string of the molecule is COc1cc(-c2ccc(C#N)c(F)c2)nc(NC23CC4CC(CC(O)(C4)C2)C3)n1. The first-order valence-corrected chi connectivity index (χ1v) is 10.0. The Kier molecular flexibility index (Phi) is 4.04. The summed E-state index contributed by atoms with van der Waals surface area (Å²) in [6.45, 7) is 0. The van der Waals surface area contributed by atoms with Crippen LogP contribution in [0.15, 0.2) is 24.3 Å². The van der Waals surface area contributed by atoms with E-state index in [2.05, 4.69) is 15.3 Å². The normalized spacial score (nSPS) is 32.1. The van der Waals surface area contributed by atoms with Crippen molar-refractivity contribution in [1.29, 1.82) is 5.26 Å². The molecule has 4 aliphatic rings. The molecule has 2 unspecified atom stereocenters. The van der Waals surface area contributed by atoms with Gasteiger partial charge in [-0.1, -0.05) is 6.07 Å². The van der Waals surface area contributed by atoms with Gasteiger partial charge in [-0.2, -0.15) is 10.2 Å². The summed E-state index contributed by atoms with van der Waals surface area (Å²) in [5.74, 6) is 1.29. The Morgan fingerprint density at radius 3 is 2.59 bits per heavy atom. The predicted octanol–water partition coefficient (Wildman–Crippen LogP) is 3.66. The van der Waals surface area contributed by atoms with Gasteiger partial charge < -0.3 is 15.2 Å². The van der Waals surface area contributed by atoms with Gasteiger partial charge in [-0.3, -0.25) is 0 Å². The number of rotatable bonds is 4. The molecular formula is C22H23FN4O2. The van der Waals surface area contributed by atoms with Crippen molar-refractivity contribution in [2.45, 2.75) is 49.7 Å². The van der Waals surface area contributed by atoms with Gasteiger partial charge in [0.25, 0.3) is 0 Å². The average Bonchev–Trinajstić information content (AvgIpc) is 2.65. The number of ether oxygens (including phenoxy) is 1. The van der Waals surface area contributed by atoms with Crippen LogP contribution in [0.5, 0.6) is 5.88 Å². The highest BCUT2D eigenvalue weighted by Gasteiger charge is 2.57. The minimum absolute atomic E-state index is 0.00469. The molecule has 4 saturated carbocycles. The Labute approximate surface area is 168 Å². The molecule has 0 amide bonds. The number of benzene rings is 1. The van der Waals surface area contributed by atoms with Crippen molar-refractivity contribution < 1.29 is 14.2 Å². The average molecular weight is 394 g/mol. The fourth-order valence-corrected chi connectivity index (χ4v) is 6.10. The van der Waals surface area contributed by atoms with Crippen LogP contribution in [-0.2, 0) is 0 Å². The molecular weight excluding hydrogens is 371 g/mol. The highest BCUT2D eigenvalue weighted by Crippen LogP contribution is 2.58. The zero-order chi connectivity index (χ0) is 20.2. The predicted molar refractivity (Wildman–Crippen MR) is 105 cm³/mol. The fraction of sp³-hybridized carbons (Fsp3) is 0.500. The molecule has 7 heteroatoms. The molecule has 6 rings (SSSR count). The molecule has 2 N–H and O–H groups in total. The molecule has 1 aromatic carbocycles. The summed E-state index contributed by atoms with van der Waals surface area (Å²) in [7, 11) is 1.53. The molecule has 1 aromatic heterocycles. The molecule has 0 spiro atoms. The van der Waals surface area contributed by atoms with Crippen LogP contribution in [0, 0.1) is 29.0 Å². The maximum Gasteiger partial charge on any atom is 0.226 e. The minimum Gasteiger partial charge on any atom is -0.481 e. The number of hydrogen-bond donors (Lipinski definition) is 2. The molecule has 6 nitrogen and oxygen atoms in total. The molecule has 4 aliphatic carbocycles. The summed E-state index contributed by atoms with van der Waals surface area (Å²) in [6.07, 6.45) is 5.69. The lowest BCUT2D eigenvalue weighted by molar-refractivity contribution is -0.127. The van der Waals surface area contributed by atoms with Crippen LogP contribution < -0.4 is 10.1 Å². The second kappa shape index (κ2) is 6.39. The molecule has 0 saturated heterocycles. The van der Waals surface area contributed by atoms with E-state index in [1.807, 2.05) is 6.07 Å². The van der Waals surface area contributed by atoms with Crippen LogP contribution in [0.25, 0.3) is 11.3 Å². The smallest absolute Gasteiger partial charge is 0.226 e. The number of nitrogens with zero attached hydrogens (tertiary/aromatic N) is 3. The van der Waals surface area contributed by atoms with E-state index < -0.39 is 11.4 Å². The largest absolute Gasteiger partial charge is 0.481 e. The highest BCUT2D eigenvalue weighted by atomic mass is 19.1. The van der Waals surface area contributed by atoms with Crippen molar-refractivity contribution in [1.82, 2.24) is 9.97 Å². The van der Waals surface area contributed by atoms with Crippen LogP contribution in [0.3, 0.4) is 0 Å². The number of aromatic nitrogens is 2. The lowest BCUT2D eigenvalue weighted by Gasteiger charge is -2.60. The summed E-state index contributed by atoms with van der Waals surface area (Å²) < 4.78 is 19.5.